The molecule has 0 aliphatic heterocycles. The molecular weight excluding hydrogens is 246 g/mol. The van der Waals surface area contributed by atoms with E-state index < -0.39 is 0 Å². The smallest absolute Gasteiger partial charge is 0.0302 e. The summed E-state index contributed by atoms with van der Waals surface area (Å²) in [6.07, 6.45) is 0. The van der Waals surface area contributed by atoms with Crippen molar-refractivity contribution in [2.24, 2.45) is 5.92 Å². The summed E-state index contributed by atoms with van der Waals surface area (Å²) in [6, 6.07) is 2.76. The van der Waals surface area contributed by atoms with E-state index in [0.29, 0.717) is 12.0 Å². The Morgan fingerprint density at radius 3 is 2.62 bits per heavy atom. The van der Waals surface area contributed by atoms with Crippen LogP contribution in [0.5, 0.6) is 0 Å². The van der Waals surface area contributed by atoms with Gasteiger partial charge in [0.05, 0.1) is 0 Å². The maximum Gasteiger partial charge on any atom is 0.0302 e. The molecule has 0 aliphatic carbocycles. The van der Waals surface area contributed by atoms with Gasteiger partial charge in [-0.15, -0.1) is 11.3 Å². The zero-order chi connectivity index (χ0) is 9.84. The van der Waals surface area contributed by atoms with E-state index in [1.165, 1.54) is 9.35 Å². The SMILES string of the molecule is CC(C)C(C)NCc1cc(Br)cs1. The van der Waals surface area contributed by atoms with Gasteiger partial charge in [0.25, 0.3) is 0 Å². The lowest BCUT2D eigenvalue weighted by Gasteiger charge is -2.16. The summed E-state index contributed by atoms with van der Waals surface area (Å²) in [5.41, 5.74) is 0. The van der Waals surface area contributed by atoms with E-state index >= 15 is 0 Å². The van der Waals surface area contributed by atoms with Crippen LogP contribution in [0.2, 0.25) is 0 Å². The fraction of sp³-hybridized carbons (Fsp3) is 0.600. The molecule has 1 nitrogen and oxygen atoms in total. The van der Waals surface area contributed by atoms with E-state index in [0.717, 1.165) is 6.54 Å². The summed E-state index contributed by atoms with van der Waals surface area (Å²) in [5.74, 6) is 0.698. The summed E-state index contributed by atoms with van der Waals surface area (Å²) in [4.78, 5) is 1.39. The molecule has 0 radical (unpaired) electrons. The van der Waals surface area contributed by atoms with E-state index in [4.69, 9.17) is 0 Å². The Labute approximate surface area is 92.7 Å². The standard InChI is InChI=1S/C10H16BrNS/c1-7(2)8(3)12-5-10-4-9(11)6-13-10/h4,6-8,12H,5H2,1-3H3. The van der Waals surface area contributed by atoms with Gasteiger partial charge in [0.1, 0.15) is 0 Å². The van der Waals surface area contributed by atoms with Gasteiger partial charge in [-0.2, -0.15) is 0 Å². The molecule has 0 saturated heterocycles. The van der Waals surface area contributed by atoms with Crippen molar-refractivity contribution in [3.05, 3.63) is 20.8 Å². The fourth-order valence-electron chi connectivity index (χ4n) is 0.944. The molecule has 1 aromatic heterocycles. The molecule has 1 aromatic rings. The van der Waals surface area contributed by atoms with Crippen LogP contribution in [0.3, 0.4) is 0 Å². The van der Waals surface area contributed by atoms with Crippen LogP contribution in [-0.2, 0) is 6.54 Å². The van der Waals surface area contributed by atoms with Crippen LogP contribution in [0.15, 0.2) is 15.9 Å². The van der Waals surface area contributed by atoms with Crippen molar-refractivity contribution in [2.75, 3.05) is 0 Å². The normalized spacial score (nSPS) is 13.6. The minimum Gasteiger partial charge on any atom is -0.309 e. The lowest BCUT2D eigenvalue weighted by molar-refractivity contribution is 0.427. The molecule has 1 N–H and O–H groups in total. The highest BCUT2D eigenvalue weighted by Gasteiger charge is 2.06. The number of nitrogens with one attached hydrogen (secondary N) is 1. The van der Waals surface area contributed by atoms with E-state index in [1.54, 1.807) is 11.3 Å². The molecule has 3 heteroatoms. The molecule has 1 atom stereocenters. The van der Waals surface area contributed by atoms with Gasteiger partial charge >= 0.3 is 0 Å². The minimum absolute atomic E-state index is 0.584. The van der Waals surface area contributed by atoms with Gasteiger partial charge in [-0.1, -0.05) is 13.8 Å². The van der Waals surface area contributed by atoms with Crippen molar-refractivity contribution >= 4 is 27.3 Å². The van der Waals surface area contributed by atoms with E-state index in [2.05, 4.69) is 53.5 Å². The first-order chi connectivity index (χ1) is 6.09. The van der Waals surface area contributed by atoms with Crippen LogP contribution >= 0.6 is 27.3 Å². The van der Waals surface area contributed by atoms with Crippen LogP contribution in [0.25, 0.3) is 0 Å². The Hall–Kier alpha value is 0.140. The average molecular weight is 262 g/mol. The Balaban J connectivity index is 2.35. The highest BCUT2D eigenvalue weighted by atomic mass is 79.9. The second-order valence-corrected chi connectivity index (χ2v) is 5.56. The topological polar surface area (TPSA) is 12.0 Å². The maximum absolute atomic E-state index is 3.50. The number of thiophene rings is 1. The van der Waals surface area contributed by atoms with Crippen LogP contribution < -0.4 is 5.32 Å². The molecular formula is C10H16BrNS. The first-order valence-corrected chi connectivity index (χ1v) is 6.23. The number of rotatable bonds is 4. The Morgan fingerprint density at radius 2 is 2.15 bits per heavy atom. The van der Waals surface area contributed by atoms with Gasteiger partial charge in [0, 0.05) is 27.3 Å². The van der Waals surface area contributed by atoms with Crippen molar-refractivity contribution in [3.63, 3.8) is 0 Å². The number of halogens is 1. The molecule has 74 valence electrons. The Kier molecular flexibility index (Phi) is 4.42. The van der Waals surface area contributed by atoms with Gasteiger partial charge in [-0.3, -0.25) is 0 Å². The largest absolute Gasteiger partial charge is 0.309 e. The van der Waals surface area contributed by atoms with Crippen molar-refractivity contribution in [1.29, 1.82) is 0 Å². The summed E-state index contributed by atoms with van der Waals surface area (Å²) in [5, 5.41) is 5.62. The van der Waals surface area contributed by atoms with Crippen molar-refractivity contribution in [1.82, 2.24) is 5.32 Å². The predicted octanol–water partition coefficient (Wildman–Crippen LogP) is 3.64. The molecule has 0 fully saturated rings. The van der Waals surface area contributed by atoms with Gasteiger partial charge in [0.2, 0.25) is 0 Å². The fourth-order valence-corrected chi connectivity index (χ4v) is 2.35. The Morgan fingerprint density at radius 1 is 1.46 bits per heavy atom. The molecule has 0 aliphatic rings. The lowest BCUT2D eigenvalue weighted by atomic mass is 10.1. The minimum atomic E-state index is 0.584. The first-order valence-electron chi connectivity index (χ1n) is 4.56. The monoisotopic (exact) mass is 261 g/mol. The third-order valence-electron chi connectivity index (χ3n) is 2.22. The molecule has 0 aromatic carbocycles. The van der Waals surface area contributed by atoms with Crippen molar-refractivity contribution in [3.8, 4) is 0 Å². The average Bonchev–Trinajstić information content (AvgIpc) is 2.47. The molecule has 1 unspecified atom stereocenters. The summed E-state index contributed by atoms with van der Waals surface area (Å²) >= 11 is 5.24. The molecule has 1 heterocycles. The molecule has 0 saturated carbocycles. The molecule has 0 amide bonds. The molecule has 0 spiro atoms. The van der Waals surface area contributed by atoms with Crippen LogP contribution in [-0.4, -0.2) is 6.04 Å². The number of hydrogen-bond donors (Lipinski definition) is 1. The van der Waals surface area contributed by atoms with Gasteiger partial charge < -0.3 is 5.32 Å². The summed E-state index contributed by atoms with van der Waals surface area (Å²) < 4.78 is 1.19. The zero-order valence-electron chi connectivity index (χ0n) is 8.30. The summed E-state index contributed by atoms with van der Waals surface area (Å²) in [6.45, 7) is 7.69. The zero-order valence-corrected chi connectivity index (χ0v) is 10.7. The first kappa shape index (κ1) is 11.2. The van der Waals surface area contributed by atoms with Gasteiger partial charge in [0.15, 0.2) is 0 Å². The van der Waals surface area contributed by atoms with E-state index in [1.807, 2.05) is 0 Å². The van der Waals surface area contributed by atoms with Gasteiger partial charge in [-0.25, -0.2) is 0 Å². The van der Waals surface area contributed by atoms with E-state index in [-0.39, 0.29) is 0 Å². The lowest BCUT2D eigenvalue weighted by Crippen LogP contribution is -2.29. The predicted molar refractivity (Wildman–Crippen MR) is 63.2 cm³/mol. The third-order valence-corrected chi connectivity index (χ3v) is 3.92. The molecule has 13 heavy (non-hydrogen) atoms. The van der Waals surface area contributed by atoms with Crippen molar-refractivity contribution in [2.45, 2.75) is 33.4 Å². The third kappa shape index (κ3) is 3.79. The number of hydrogen-bond acceptors (Lipinski definition) is 2. The quantitative estimate of drug-likeness (QED) is 0.873. The highest BCUT2D eigenvalue weighted by Crippen LogP contribution is 2.19. The highest BCUT2D eigenvalue weighted by molar-refractivity contribution is 9.10. The van der Waals surface area contributed by atoms with Crippen LogP contribution in [0, 0.1) is 5.92 Å². The van der Waals surface area contributed by atoms with Crippen molar-refractivity contribution < 1.29 is 0 Å². The summed E-state index contributed by atoms with van der Waals surface area (Å²) in [7, 11) is 0. The molecule has 1 rings (SSSR count). The van der Waals surface area contributed by atoms with Gasteiger partial charge in [-0.05, 0) is 34.8 Å². The Bertz CT molecular complexity index is 257. The second kappa shape index (κ2) is 5.13. The van der Waals surface area contributed by atoms with Crippen LogP contribution in [0.1, 0.15) is 25.6 Å². The van der Waals surface area contributed by atoms with Crippen LogP contribution in [0.4, 0.5) is 0 Å². The molecule has 0 bridgehead atoms. The maximum atomic E-state index is 3.50. The van der Waals surface area contributed by atoms with E-state index in [9.17, 15) is 0 Å². The second-order valence-electron chi connectivity index (χ2n) is 3.64.